The number of nitrogens with zero attached hydrogens (tertiary/aromatic N) is 1. The number of nitrogens with one attached hydrogen (secondary N) is 2. The van der Waals surface area contributed by atoms with Crippen LogP contribution in [0.25, 0.3) is 0 Å². The van der Waals surface area contributed by atoms with Crippen molar-refractivity contribution in [2.45, 2.75) is 19.9 Å². The van der Waals surface area contributed by atoms with Gasteiger partial charge in [-0.05, 0) is 52.9 Å². The molecular weight excluding hydrogens is 294 g/mol. The van der Waals surface area contributed by atoms with Crippen molar-refractivity contribution >= 4 is 17.3 Å². The van der Waals surface area contributed by atoms with E-state index in [0.29, 0.717) is 0 Å². The Bertz CT molecular complexity index is 608. The average molecular weight is 317 g/mol. The van der Waals surface area contributed by atoms with E-state index in [1.54, 1.807) is 25.5 Å². The van der Waals surface area contributed by atoms with E-state index in [0.717, 1.165) is 36.8 Å². The van der Waals surface area contributed by atoms with Crippen molar-refractivity contribution in [2.75, 3.05) is 20.7 Å². The predicted octanol–water partition coefficient (Wildman–Crippen LogP) is 2.97. The summed E-state index contributed by atoms with van der Waals surface area (Å²) in [5.41, 5.74) is 3.69. The fourth-order valence-corrected chi connectivity index (χ4v) is 2.81. The quantitative estimate of drug-likeness (QED) is 0.636. The molecule has 2 N–H and O–H groups in total. The Morgan fingerprint density at radius 3 is 2.77 bits per heavy atom. The lowest BCUT2D eigenvalue weighted by atomic mass is 10.1. The number of methoxy groups -OCH3 is 1. The standard InChI is InChI=1S/C17H23N3OS/c1-13-4-5-14(10-16(13)21-3)6-8-19-17(18-2)20-11-15-7-9-22-12-15/h4-5,7,9-10,12H,6,8,11H2,1-3H3,(H2,18,19,20). The van der Waals surface area contributed by atoms with Crippen molar-refractivity contribution < 1.29 is 4.74 Å². The van der Waals surface area contributed by atoms with Gasteiger partial charge < -0.3 is 15.4 Å². The van der Waals surface area contributed by atoms with E-state index < -0.39 is 0 Å². The molecular formula is C17H23N3OS. The van der Waals surface area contributed by atoms with Crippen LogP contribution < -0.4 is 15.4 Å². The number of rotatable bonds is 6. The Hall–Kier alpha value is -2.01. The molecule has 0 aliphatic heterocycles. The Morgan fingerprint density at radius 2 is 2.09 bits per heavy atom. The van der Waals surface area contributed by atoms with Crippen LogP contribution in [0.2, 0.25) is 0 Å². The molecule has 22 heavy (non-hydrogen) atoms. The van der Waals surface area contributed by atoms with Gasteiger partial charge in [-0.1, -0.05) is 12.1 Å². The van der Waals surface area contributed by atoms with E-state index in [-0.39, 0.29) is 0 Å². The van der Waals surface area contributed by atoms with E-state index >= 15 is 0 Å². The summed E-state index contributed by atoms with van der Waals surface area (Å²) in [6.45, 7) is 3.67. The Labute approximate surface area is 136 Å². The van der Waals surface area contributed by atoms with Crippen LogP contribution in [0.3, 0.4) is 0 Å². The molecule has 0 unspecified atom stereocenters. The number of guanidine groups is 1. The van der Waals surface area contributed by atoms with Crippen LogP contribution in [0.1, 0.15) is 16.7 Å². The SMILES string of the molecule is CN=C(NCCc1ccc(C)c(OC)c1)NCc1ccsc1. The summed E-state index contributed by atoms with van der Waals surface area (Å²) in [6.07, 6.45) is 0.926. The van der Waals surface area contributed by atoms with Crippen molar-refractivity contribution in [3.8, 4) is 5.75 Å². The van der Waals surface area contributed by atoms with Gasteiger partial charge in [0.1, 0.15) is 5.75 Å². The second-order valence-corrected chi connectivity index (χ2v) is 5.82. The molecule has 0 saturated carbocycles. The smallest absolute Gasteiger partial charge is 0.191 e. The highest BCUT2D eigenvalue weighted by Gasteiger charge is 2.02. The number of hydrogen-bond acceptors (Lipinski definition) is 3. The Morgan fingerprint density at radius 1 is 1.23 bits per heavy atom. The van der Waals surface area contributed by atoms with Crippen molar-refractivity contribution in [1.82, 2.24) is 10.6 Å². The molecule has 0 spiro atoms. The van der Waals surface area contributed by atoms with Gasteiger partial charge in [-0.15, -0.1) is 0 Å². The zero-order chi connectivity index (χ0) is 15.8. The molecule has 0 radical (unpaired) electrons. The van der Waals surface area contributed by atoms with Gasteiger partial charge in [-0.2, -0.15) is 11.3 Å². The van der Waals surface area contributed by atoms with Crippen LogP contribution in [-0.4, -0.2) is 26.7 Å². The molecule has 1 heterocycles. The number of hydrogen-bond donors (Lipinski definition) is 2. The molecule has 0 fully saturated rings. The summed E-state index contributed by atoms with van der Waals surface area (Å²) in [4.78, 5) is 4.24. The summed E-state index contributed by atoms with van der Waals surface area (Å²) < 4.78 is 5.36. The minimum absolute atomic E-state index is 0.793. The van der Waals surface area contributed by atoms with Crippen LogP contribution >= 0.6 is 11.3 Å². The van der Waals surface area contributed by atoms with Crippen molar-refractivity contribution in [2.24, 2.45) is 4.99 Å². The first-order valence-corrected chi connectivity index (χ1v) is 8.26. The van der Waals surface area contributed by atoms with Gasteiger partial charge in [-0.25, -0.2) is 0 Å². The first-order chi connectivity index (χ1) is 10.7. The molecule has 0 bridgehead atoms. The fraction of sp³-hybridized carbons (Fsp3) is 0.353. The van der Waals surface area contributed by atoms with Gasteiger partial charge in [-0.3, -0.25) is 4.99 Å². The average Bonchev–Trinajstić information content (AvgIpc) is 3.05. The molecule has 2 rings (SSSR count). The number of aryl methyl sites for hydroxylation is 1. The topological polar surface area (TPSA) is 45.7 Å². The van der Waals surface area contributed by atoms with Crippen molar-refractivity contribution in [1.29, 1.82) is 0 Å². The van der Waals surface area contributed by atoms with Crippen LogP contribution in [0.15, 0.2) is 40.0 Å². The molecule has 118 valence electrons. The van der Waals surface area contributed by atoms with Gasteiger partial charge in [0.15, 0.2) is 5.96 Å². The van der Waals surface area contributed by atoms with Crippen LogP contribution in [0, 0.1) is 6.92 Å². The van der Waals surface area contributed by atoms with Gasteiger partial charge in [0.25, 0.3) is 0 Å². The van der Waals surface area contributed by atoms with Gasteiger partial charge in [0.2, 0.25) is 0 Å². The first-order valence-electron chi connectivity index (χ1n) is 7.32. The molecule has 0 saturated heterocycles. The summed E-state index contributed by atoms with van der Waals surface area (Å²) in [6, 6.07) is 8.45. The maximum absolute atomic E-state index is 5.36. The second kappa shape index (κ2) is 8.44. The lowest BCUT2D eigenvalue weighted by molar-refractivity contribution is 0.411. The summed E-state index contributed by atoms with van der Waals surface area (Å²) in [7, 11) is 3.50. The number of ether oxygens (including phenoxy) is 1. The van der Waals surface area contributed by atoms with Gasteiger partial charge in [0, 0.05) is 20.1 Å². The molecule has 0 aliphatic carbocycles. The van der Waals surface area contributed by atoms with Crippen LogP contribution in [-0.2, 0) is 13.0 Å². The number of benzene rings is 1. The molecule has 0 atom stereocenters. The summed E-state index contributed by atoms with van der Waals surface area (Å²) in [5.74, 6) is 1.77. The molecule has 0 aliphatic rings. The Kier molecular flexibility index (Phi) is 6.27. The molecule has 1 aromatic carbocycles. The highest BCUT2D eigenvalue weighted by molar-refractivity contribution is 7.07. The van der Waals surface area contributed by atoms with E-state index in [1.807, 2.05) is 0 Å². The van der Waals surface area contributed by atoms with Crippen molar-refractivity contribution in [3.63, 3.8) is 0 Å². The van der Waals surface area contributed by atoms with Crippen LogP contribution in [0.4, 0.5) is 0 Å². The lowest BCUT2D eigenvalue weighted by Crippen LogP contribution is -2.37. The minimum Gasteiger partial charge on any atom is -0.496 e. The minimum atomic E-state index is 0.793. The molecule has 0 amide bonds. The summed E-state index contributed by atoms with van der Waals surface area (Å²) in [5, 5.41) is 10.9. The molecule has 1 aromatic heterocycles. The number of aliphatic imine (C=N–C) groups is 1. The third-order valence-electron chi connectivity index (χ3n) is 3.44. The molecule has 4 nitrogen and oxygen atoms in total. The fourth-order valence-electron chi connectivity index (χ4n) is 2.14. The first kappa shape index (κ1) is 16.4. The lowest BCUT2D eigenvalue weighted by Gasteiger charge is -2.12. The predicted molar refractivity (Wildman–Crippen MR) is 94.0 cm³/mol. The van der Waals surface area contributed by atoms with E-state index in [9.17, 15) is 0 Å². The maximum atomic E-state index is 5.36. The van der Waals surface area contributed by atoms with Crippen LogP contribution in [0.5, 0.6) is 5.75 Å². The Balaban J connectivity index is 1.79. The monoisotopic (exact) mass is 317 g/mol. The maximum Gasteiger partial charge on any atom is 0.191 e. The summed E-state index contributed by atoms with van der Waals surface area (Å²) >= 11 is 1.71. The third kappa shape index (κ3) is 4.77. The normalized spacial score (nSPS) is 11.3. The zero-order valence-corrected chi connectivity index (χ0v) is 14.2. The van der Waals surface area contributed by atoms with E-state index in [1.165, 1.54) is 11.1 Å². The largest absolute Gasteiger partial charge is 0.496 e. The van der Waals surface area contributed by atoms with Crippen molar-refractivity contribution in [3.05, 3.63) is 51.7 Å². The van der Waals surface area contributed by atoms with E-state index in [2.05, 4.69) is 57.6 Å². The highest BCUT2D eigenvalue weighted by atomic mass is 32.1. The van der Waals surface area contributed by atoms with Gasteiger partial charge in [0.05, 0.1) is 7.11 Å². The van der Waals surface area contributed by atoms with Gasteiger partial charge >= 0.3 is 0 Å². The van der Waals surface area contributed by atoms with E-state index in [4.69, 9.17) is 4.74 Å². The third-order valence-corrected chi connectivity index (χ3v) is 4.17. The number of thiophene rings is 1. The highest BCUT2D eigenvalue weighted by Crippen LogP contribution is 2.18. The molecule has 2 aromatic rings. The second-order valence-electron chi connectivity index (χ2n) is 5.04. The molecule has 5 heteroatoms. The zero-order valence-electron chi connectivity index (χ0n) is 13.3.